The van der Waals surface area contributed by atoms with Crippen LogP contribution in [0.1, 0.15) is 33.1 Å². The second-order valence-corrected chi connectivity index (χ2v) is 6.53. The van der Waals surface area contributed by atoms with Crippen molar-refractivity contribution in [1.82, 2.24) is 0 Å². The second kappa shape index (κ2) is 5.16. The molecule has 1 saturated heterocycles. The molecule has 6 nitrogen and oxygen atoms in total. The van der Waals surface area contributed by atoms with Crippen LogP contribution < -0.4 is 0 Å². The lowest BCUT2D eigenvalue weighted by molar-refractivity contribution is -0.254. The van der Waals surface area contributed by atoms with Gasteiger partial charge < -0.3 is 24.4 Å². The highest BCUT2D eigenvalue weighted by atomic mass is 16.7. The minimum atomic E-state index is -0.909. The Morgan fingerprint density at radius 1 is 1.45 bits per heavy atom. The smallest absolute Gasteiger partial charge is 0.342 e. The number of fused-ring (bicyclic) bond motifs is 3. The molecule has 0 aromatic rings. The van der Waals surface area contributed by atoms with Gasteiger partial charge in [-0.1, -0.05) is 6.92 Å². The van der Waals surface area contributed by atoms with Crippen molar-refractivity contribution in [3.63, 3.8) is 0 Å². The van der Waals surface area contributed by atoms with Crippen molar-refractivity contribution in [3.8, 4) is 0 Å². The number of carbonyl (C=O) groups is 1. The summed E-state index contributed by atoms with van der Waals surface area (Å²) in [5, 5.41) is 20.0. The average molecular weight is 310 g/mol. The highest BCUT2D eigenvalue weighted by Gasteiger charge is 2.52. The van der Waals surface area contributed by atoms with Crippen molar-refractivity contribution < 1.29 is 29.2 Å². The topological polar surface area (TPSA) is 85.2 Å². The van der Waals surface area contributed by atoms with Crippen molar-refractivity contribution in [2.75, 3.05) is 13.7 Å². The first kappa shape index (κ1) is 15.7. The minimum Gasteiger partial charge on any atom is -0.423 e. The fraction of sp³-hybridized carbons (Fsp3) is 0.688. The molecular formula is C16H22O6. The van der Waals surface area contributed by atoms with E-state index in [1.165, 1.54) is 0 Å². The summed E-state index contributed by atoms with van der Waals surface area (Å²) < 4.78 is 17.1. The van der Waals surface area contributed by atoms with Crippen LogP contribution in [0.5, 0.6) is 0 Å². The molecule has 0 aliphatic carbocycles. The molecule has 0 unspecified atom stereocenters. The molecule has 2 bridgehead atoms. The highest BCUT2D eigenvalue weighted by molar-refractivity contribution is 5.95. The zero-order valence-electron chi connectivity index (χ0n) is 13.1. The van der Waals surface area contributed by atoms with E-state index in [4.69, 9.17) is 14.2 Å². The Morgan fingerprint density at radius 3 is 2.82 bits per heavy atom. The van der Waals surface area contributed by atoms with Crippen molar-refractivity contribution in [3.05, 3.63) is 23.0 Å². The number of aliphatic hydroxyl groups excluding tert-OH is 2. The van der Waals surface area contributed by atoms with E-state index >= 15 is 0 Å². The van der Waals surface area contributed by atoms with Crippen LogP contribution in [-0.2, 0) is 19.0 Å². The van der Waals surface area contributed by atoms with Gasteiger partial charge in [0, 0.05) is 25.0 Å². The molecule has 3 rings (SSSR count). The molecule has 0 spiro atoms. The summed E-state index contributed by atoms with van der Waals surface area (Å²) in [6, 6.07) is 0. The van der Waals surface area contributed by atoms with E-state index in [1.54, 1.807) is 13.2 Å². The Morgan fingerprint density at radius 2 is 2.18 bits per heavy atom. The van der Waals surface area contributed by atoms with Gasteiger partial charge in [0.15, 0.2) is 5.79 Å². The fourth-order valence-electron chi connectivity index (χ4n) is 3.72. The summed E-state index contributed by atoms with van der Waals surface area (Å²) in [7, 11) is 1.61. The molecule has 22 heavy (non-hydrogen) atoms. The summed E-state index contributed by atoms with van der Waals surface area (Å²) in [5.41, 5.74) is -0.137. The number of aliphatic hydroxyl groups is 2. The summed E-state index contributed by atoms with van der Waals surface area (Å²) in [4.78, 5) is 11.9. The third kappa shape index (κ3) is 2.22. The van der Waals surface area contributed by atoms with Crippen LogP contribution in [0, 0.1) is 5.92 Å². The van der Waals surface area contributed by atoms with Gasteiger partial charge in [-0.15, -0.1) is 0 Å². The average Bonchev–Trinajstić information content (AvgIpc) is 2.96. The first-order chi connectivity index (χ1) is 10.3. The van der Waals surface area contributed by atoms with Crippen LogP contribution in [0.3, 0.4) is 0 Å². The number of hydrogen-bond acceptors (Lipinski definition) is 6. The lowest BCUT2D eigenvalue weighted by Gasteiger charge is -2.36. The number of ether oxygens (including phenoxy) is 3. The van der Waals surface area contributed by atoms with Crippen LogP contribution in [0.25, 0.3) is 0 Å². The Labute approximate surface area is 129 Å². The Bertz CT molecular complexity index is 565. The van der Waals surface area contributed by atoms with Gasteiger partial charge in [0.2, 0.25) is 0 Å². The van der Waals surface area contributed by atoms with Gasteiger partial charge >= 0.3 is 5.97 Å². The summed E-state index contributed by atoms with van der Waals surface area (Å²) in [6.07, 6.45) is 2.61. The van der Waals surface area contributed by atoms with Gasteiger partial charge in [-0.2, -0.15) is 0 Å². The normalized spacial score (nSPS) is 41.5. The molecule has 3 aliphatic rings. The van der Waals surface area contributed by atoms with E-state index in [2.05, 4.69) is 0 Å². The minimum absolute atomic E-state index is 0.0785. The van der Waals surface area contributed by atoms with Crippen molar-refractivity contribution in [2.45, 2.75) is 50.6 Å². The lowest BCUT2D eigenvalue weighted by atomic mass is 9.86. The molecule has 0 amide bonds. The van der Waals surface area contributed by atoms with Crippen LogP contribution >= 0.6 is 0 Å². The van der Waals surface area contributed by atoms with Gasteiger partial charge in [-0.3, -0.25) is 0 Å². The molecule has 6 heteroatoms. The second-order valence-electron chi connectivity index (χ2n) is 6.53. The zero-order valence-corrected chi connectivity index (χ0v) is 13.1. The summed E-state index contributed by atoms with van der Waals surface area (Å²) in [6.45, 7) is 3.41. The molecule has 3 aliphatic heterocycles. The molecule has 4 atom stereocenters. The molecule has 2 N–H and O–H groups in total. The van der Waals surface area contributed by atoms with Crippen LogP contribution in [0.2, 0.25) is 0 Å². The van der Waals surface area contributed by atoms with Gasteiger partial charge in [-0.05, 0) is 25.8 Å². The molecule has 3 heterocycles. The third-order valence-corrected chi connectivity index (χ3v) is 5.02. The van der Waals surface area contributed by atoms with Gasteiger partial charge in [0.1, 0.15) is 5.76 Å². The van der Waals surface area contributed by atoms with Crippen molar-refractivity contribution in [2.24, 2.45) is 5.92 Å². The van der Waals surface area contributed by atoms with Crippen molar-refractivity contribution in [1.29, 1.82) is 0 Å². The van der Waals surface area contributed by atoms with Crippen molar-refractivity contribution >= 4 is 5.97 Å². The number of rotatable bonds is 2. The largest absolute Gasteiger partial charge is 0.423 e. The van der Waals surface area contributed by atoms with E-state index < -0.39 is 30.1 Å². The maximum absolute atomic E-state index is 11.9. The lowest BCUT2D eigenvalue weighted by Crippen LogP contribution is -2.41. The van der Waals surface area contributed by atoms with Crippen LogP contribution in [0.15, 0.2) is 23.0 Å². The van der Waals surface area contributed by atoms with Crippen LogP contribution in [-0.4, -0.2) is 47.4 Å². The molecular weight excluding hydrogens is 288 g/mol. The molecule has 0 aromatic carbocycles. The monoisotopic (exact) mass is 310 g/mol. The number of methoxy groups -OCH3 is 1. The molecule has 0 saturated carbocycles. The maximum Gasteiger partial charge on any atom is 0.342 e. The Balaban J connectivity index is 2.12. The summed E-state index contributed by atoms with van der Waals surface area (Å²) in [5.74, 6) is -1.14. The highest BCUT2D eigenvalue weighted by Crippen LogP contribution is 2.48. The third-order valence-electron chi connectivity index (χ3n) is 5.02. The first-order valence-electron chi connectivity index (χ1n) is 7.57. The standard InChI is InChI=1S/C16H22O6/c1-9-6-11(18)13-10(8-17)14(19)21-12(13)7-15(2)4-5-16(9,20-3)22-15/h7,9,11,17-18H,4-6,8H2,1-3H3/t9-,11+,15-,16+/m1/s1. The van der Waals surface area contributed by atoms with Gasteiger partial charge in [0.25, 0.3) is 0 Å². The quantitative estimate of drug-likeness (QED) is 0.741. The molecule has 0 aromatic heterocycles. The van der Waals surface area contributed by atoms with Gasteiger partial charge in [-0.25, -0.2) is 4.79 Å². The van der Waals surface area contributed by atoms with E-state index in [0.29, 0.717) is 24.2 Å². The maximum atomic E-state index is 11.9. The molecule has 0 radical (unpaired) electrons. The molecule has 122 valence electrons. The first-order valence-corrected chi connectivity index (χ1v) is 7.57. The van der Waals surface area contributed by atoms with E-state index in [-0.39, 0.29) is 11.5 Å². The Hall–Kier alpha value is -1.21. The summed E-state index contributed by atoms with van der Waals surface area (Å²) >= 11 is 0. The predicted molar refractivity (Wildman–Crippen MR) is 76.5 cm³/mol. The SMILES string of the molecule is CO[C@]12CC[C@](C)(C=C3OC(=O)C(CO)=C3[C@@H](O)C[C@H]1C)O2. The zero-order chi connectivity index (χ0) is 16.1. The van der Waals surface area contributed by atoms with Crippen LogP contribution in [0.4, 0.5) is 0 Å². The van der Waals surface area contributed by atoms with E-state index in [1.807, 2.05) is 13.8 Å². The van der Waals surface area contributed by atoms with Gasteiger partial charge in [0.05, 0.1) is 23.9 Å². The molecule has 1 fully saturated rings. The van der Waals surface area contributed by atoms with E-state index in [0.717, 1.165) is 6.42 Å². The Kier molecular flexibility index (Phi) is 3.68. The number of carbonyl (C=O) groups excluding carboxylic acids is 1. The van der Waals surface area contributed by atoms with E-state index in [9.17, 15) is 15.0 Å². The predicted octanol–water partition coefficient (Wildman–Crippen LogP) is 1.03. The fourth-order valence-corrected chi connectivity index (χ4v) is 3.72. The number of hydrogen-bond donors (Lipinski definition) is 2. The number of esters is 1.